The normalized spacial score (nSPS) is 11.3. The first-order valence-electron chi connectivity index (χ1n) is 6.10. The highest BCUT2D eigenvalue weighted by Gasteiger charge is 2.06. The minimum atomic E-state index is 0.200. The second-order valence-corrected chi connectivity index (χ2v) is 4.61. The predicted octanol–water partition coefficient (Wildman–Crippen LogP) is 4.64. The molecular formula is C15H16N2O2. The fourth-order valence-electron chi connectivity index (χ4n) is 1.70. The van der Waals surface area contributed by atoms with E-state index in [9.17, 15) is 5.11 Å². The molecular weight excluding hydrogens is 240 g/mol. The van der Waals surface area contributed by atoms with Gasteiger partial charge >= 0.3 is 0 Å². The third-order valence-corrected chi connectivity index (χ3v) is 2.76. The molecule has 2 N–H and O–H groups in total. The molecule has 0 heterocycles. The van der Waals surface area contributed by atoms with Gasteiger partial charge in [-0.2, -0.15) is 10.2 Å². The van der Waals surface area contributed by atoms with Crippen LogP contribution < -0.4 is 0 Å². The monoisotopic (exact) mass is 256 g/mol. The van der Waals surface area contributed by atoms with E-state index < -0.39 is 0 Å². The summed E-state index contributed by atoms with van der Waals surface area (Å²) in [6, 6.07) is 11.6. The second-order valence-electron chi connectivity index (χ2n) is 4.61. The number of azo groups is 1. The van der Waals surface area contributed by atoms with Crippen molar-refractivity contribution in [2.45, 2.75) is 19.8 Å². The van der Waals surface area contributed by atoms with E-state index in [2.05, 4.69) is 10.2 Å². The lowest BCUT2D eigenvalue weighted by Crippen LogP contribution is -1.86. The Morgan fingerprint density at radius 1 is 0.842 bits per heavy atom. The zero-order chi connectivity index (χ0) is 13.8. The molecule has 0 amide bonds. The SMILES string of the molecule is CC(C)c1cc(/N=N/c2ccc(O)cc2)ccc1O. The Morgan fingerprint density at radius 3 is 2.05 bits per heavy atom. The van der Waals surface area contributed by atoms with Gasteiger partial charge in [0.15, 0.2) is 0 Å². The lowest BCUT2D eigenvalue weighted by atomic mass is 10.0. The summed E-state index contributed by atoms with van der Waals surface area (Å²) in [5.74, 6) is 0.702. The van der Waals surface area contributed by atoms with E-state index in [0.717, 1.165) is 5.56 Å². The van der Waals surface area contributed by atoms with E-state index in [-0.39, 0.29) is 17.4 Å². The number of phenols is 2. The molecule has 2 rings (SSSR count). The fourth-order valence-corrected chi connectivity index (χ4v) is 1.70. The van der Waals surface area contributed by atoms with Crippen LogP contribution in [0.5, 0.6) is 11.5 Å². The van der Waals surface area contributed by atoms with Crippen LogP contribution in [0.4, 0.5) is 11.4 Å². The van der Waals surface area contributed by atoms with Crippen molar-refractivity contribution in [3.63, 3.8) is 0 Å². The molecule has 4 heteroatoms. The molecule has 0 aliphatic carbocycles. The smallest absolute Gasteiger partial charge is 0.119 e. The van der Waals surface area contributed by atoms with Crippen molar-refractivity contribution in [1.82, 2.24) is 0 Å². The maximum Gasteiger partial charge on any atom is 0.119 e. The van der Waals surface area contributed by atoms with Crippen LogP contribution in [0.3, 0.4) is 0 Å². The molecule has 0 aliphatic heterocycles. The van der Waals surface area contributed by atoms with Gasteiger partial charge in [0.25, 0.3) is 0 Å². The standard InChI is InChI=1S/C15H16N2O2/c1-10(2)14-9-12(5-8-15(14)19)17-16-11-3-6-13(18)7-4-11/h3-10,18-19H,1-2H3/b17-16+. The molecule has 19 heavy (non-hydrogen) atoms. The zero-order valence-electron chi connectivity index (χ0n) is 10.9. The molecule has 2 aromatic carbocycles. The third kappa shape index (κ3) is 3.31. The molecule has 0 aromatic heterocycles. The molecule has 0 atom stereocenters. The van der Waals surface area contributed by atoms with Crippen LogP contribution in [0.15, 0.2) is 52.7 Å². The summed E-state index contributed by atoms with van der Waals surface area (Å²) in [4.78, 5) is 0. The van der Waals surface area contributed by atoms with E-state index in [0.29, 0.717) is 11.4 Å². The van der Waals surface area contributed by atoms with Crippen LogP contribution >= 0.6 is 0 Å². The van der Waals surface area contributed by atoms with Crippen LogP contribution in [0, 0.1) is 0 Å². The molecule has 0 saturated carbocycles. The van der Waals surface area contributed by atoms with E-state index >= 15 is 0 Å². The van der Waals surface area contributed by atoms with Crippen LogP contribution in [0.25, 0.3) is 0 Å². The second kappa shape index (κ2) is 5.52. The highest BCUT2D eigenvalue weighted by molar-refractivity contribution is 5.48. The Bertz CT molecular complexity index is 590. The van der Waals surface area contributed by atoms with Gasteiger partial charge in [0.1, 0.15) is 11.5 Å². The first-order valence-corrected chi connectivity index (χ1v) is 6.10. The number of hydrogen-bond acceptors (Lipinski definition) is 4. The van der Waals surface area contributed by atoms with Gasteiger partial charge in [0.2, 0.25) is 0 Å². The van der Waals surface area contributed by atoms with Crippen molar-refractivity contribution in [2.75, 3.05) is 0 Å². The summed E-state index contributed by atoms with van der Waals surface area (Å²) in [7, 11) is 0. The van der Waals surface area contributed by atoms with Gasteiger partial charge in [0, 0.05) is 0 Å². The van der Waals surface area contributed by atoms with E-state index in [1.165, 1.54) is 0 Å². The van der Waals surface area contributed by atoms with Gasteiger partial charge in [-0.1, -0.05) is 13.8 Å². The van der Waals surface area contributed by atoms with Crippen molar-refractivity contribution in [1.29, 1.82) is 0 Å². The first-order chi connectivity index (χ1) is 9.06. The number of phenolic OH excluding ortho intramolecular Hbond substituents is 2. The highest BCUT2D eigenvalue weighted by atomic mass is 16.3. The van der Waals surface area contributed by atoms with E-state index in [1.54, 1.807) is 36.4 Å². The van der Waals surface area contributed by atoms with Gasteiger partial charge in [0.05, 0.1) is 11.4 Å². The van der Waals surface area contributed by atoms with Crippen molar-refractivity contribution in [2.24, 2.45) is 10.2 Å². The molecule has 0 unspecified atom stereocenters. The summed E-state index contributed by atoms with van der Waals surface area (Å²) in [6.45, 7) is 4.02. The van der Waals surface area contributed by atoms with Crippen LogP contribution in [-0.2, 0) is 0 Å². The predicted molar refractivity (Wildman–Crippen MR) is 74.5 cm³/mol. The zero-order valence-corrected chi connectivity index (χ0v) is 10.9. The van der Waals surface area contributed by atoms with Crippen LogP contribution in [0.1, 0.15) is 25.3 Å². The fraction of sp³-hybridized carbons (Fsp3) is 0.200. The first kappa shape index (κ1) is 13.1. The van der Waals surface area contributed by atoms with Gasteiger partial charge < -0.3 is 10.2 Å². The summed E-state index contributed by atoms with van der Waals surface area (Å²) in [5.41, 5.74) is 2.20. The topological polar surface area (TPSA) is 65.2 Å². The Morgan fingerprint density at radius 2 is 1.42 bits per heavy atom. The number of rotatable bonds is 3. The average Bonchev–Trinajstić information content (AvgIpc) is 2.39. The van der Waals surface area contributed by atoms with Crippen LogP contribution in [0.2, 0.25) is 0 Å². The van der Waals surface area contributed by atoms with Crippen molar-refractivity contribution >= 4 is 11.4 Å². The highest BCUT2D eigenvalue weighted by Crippen LogP contribution is 2.30. The molecule has 98 valence electrons. The molecule has 0 radical (unpaired) electrons. The Kier molecular flexibility index (Phi) is 3.80. The third-order valence-electron chi connectivity index (χ3n) is 2.76. The molecule has 4 nitrogen and oxygen atoms in total. The maximum absolute atomic E-state index is 9.72. The Labute approximate surface area is 112 Å². The summed E-state index contributed by atoms with van der Waals surface area (Å²) in [5, 5.41) is 27.1. The molecule has 0 bridgehead atoms. The van der Waals surface area contributed by atoms with Gasteiger partial charge in [-0.25, -0.2) is 0 Å². The largest absolute Gasteiger partial charge is 0.508 e. The Balaban J connectivity index is 2.23. The van der Waals surface area contributed by atoms with E-state index in [4.69, 9.17) is 5.11 Å². The van der Waals surface area contributed by atoms with Crippen molar-refractivity contribution < 1.29 is 10.2 Å². The molecule has 0 fully saturated rings. The lowest BCUT2D eigenvalue weighted by molar-refractivity contribution is 0.465. The van der Waals surface area contributed by atoms with Crippen molar-refractivity contribution in [3.05, 3.63) is 48.0 Å². The lowest BCUT2D eigenvalue weighted by Gasteiger charge is -2.08. The summed E-state index contributed by atoms with van der Waals surface area (Å²) in [6.07, 6.45) is 0. The summed E-state index contributed by atoms with van der Waals surface area (Å²) >= 11 is 0. The average molecular weight is 256 g/mol. The van der Waals surface area contributed by atoms with E-state index in [1.807, 2.05) is 19.9 Å². The minimum Gasteiger partial charge on any atom is -0.508 e. The number of aromatic hydroxyl groups is 2. The van der Waals surface area contributed by atoms with Crippen LogP contribution in [-0.4, -0.2) is 10.2 Å². The minimum absolute atomic E-state index is 0.200. The molecule has 0 aliphatic rings. The van der Waals surface area contributed by atoms with Gasteiger partial charge in [-0.05, 0) is 53.9 Å². The van der Waals surface area contributed by atoms with Gasteiger partial charge in [-0.15, -0.1) is 0 Å². The number of benzene rings is 2. The summed E-state index contributed by atoms with van der Waals surface area (Å²) < 4.78 is 0. The molecule has 0 saturated heterocycles. The molecule has 0 spiro atoms. The Hall–Kier alpha value is -2.36. The molecule has 2 aromatic rings. The number of nitrogens with zero attached hydrogens (tertiary/aromatic N) is 2. The number of hydrogen-bond donors (Lipinski definition) is 2. The van der Waals surface area contributed by atoms with Gasteiger partial charge in [-0.3, -0.25) is 0 Å². The maximum atomic E-state index is 9.72. The van der Waals surface area contributed by atoms with Crippen molar-refractivity contribution in [3.8, 4) is 11.5 Å². The quantitative estimate of drug-likeness (QED) is 0.786.